The number of nitrogens with zero attached hydrogens (tertiary/aromatic N) is 2. The van der Waals surface area contributed by atoms with Gasteiger partial charge >= 0.3 is 0 Å². The molecule has 2 N–H and O–H groups in total. The summed E-state index contributed by atoms with van der Waals surface area (Å²) >= 11 is 11.2. The van der Waals surface area contributed by atoms with Gasteiger partial charge in [-0.25, -0.2) is 0 Å². The molecule has 160 valence electrons. The minimum absolute atomic E-state index is 0.658. The van der Waals surface area contributed by atoms with Crippen molar-refractivity contribution < 1.29 is 9.47 Å². The van der Waals surface area contributed by atoms with Gasteiger partial charge in [0.25, 0.3) is 0 Å². The van der Waals surface area contributed by atoms with Crippen LogP contribution in [0.15, 0.2) is 48.5 Å². The highest BCUT2D eigenvalue weighted by Crippen LogP contribution is 2.18. The van der Waals surface area contributed by atoms with Crippen LogP contribution >= 0.6 is 24.4 Å². The van der Waals surface area contributed by atoms with E-state index in [2.05, 4.69) is 20.4 Å². The number of piperazine rings is 1. The van der Waals surface area contributed by atoms with Crippen molar-refractivity contribution in [2.24, 2.45) is 0 Å². The molecule has 0 aliphatic carbocycles. The maximum absolute atomic E-state index is 5.59. The molecule has 1 saturated heterocycles. The molecule has 0 spiro atoms. The molecule has 1 aliphatic rings. The molecule has 6 nitrogen and oxygen atoms in total. The van der Waals surface area contributed by atoms with Gasteiger partial charge < -0.3 is 29.9 Å². The van der Waals surface area contributed by atoms with Gasteiger partial charge in [0.15, 0.2) is 10.2 Å². The fraction of sp³-hybridized carbons (Fsp3) is 0.364. The summed E-state index contributed by atoms with van der Waals surface area (Å²) in [6.45, 7) is 8.51. The molecule has 0 aromatic heterocycles. The van der Waals surface area contributed by atoms with E-state index in [1.807, 2.05) is 62.4 Å². The second-order valence-corrected chi connectivity index (χ2v) is 7.52. The summed E-state index contributed by atoms with van der Waals surface area (Å²) in [7, 11) is 0. The monoisotopic (exact) mass is 444 g/mol. The summed E-state index contributed by atoms with van der Waals surface area (Å²) in [5.41, 5.74) is 1.91. The van der Waals surface area contributed by atoms with Crippen molar-refractivity contribution in [2.75, 3.05) is 50.0 Å². The molecule has 1 heterocycles. The zero-order valence-electron chi connectivity index (χ0n) is 17.4. The topological polar surface area (TPSA) is 49.0 Å². The molecule has 8 heteroatoms. The number of hydrogen-bond acceptors (Lipinski definition) is 4. The van der Waals surface area contributed by atoms with Gasteiger partial charge in [-0.1, -0.05) is 0 Å². The van der Waals surface area contributed by atoms with Gasteiger partial charge in [0.05, 0.1) is 13.2 Å². The minimum Gasteiger partial charge on any atom is -0.494 e. The van der Waals surface area contributed by atoms with Crippen LogP contribution in [-0.2, 0) is 0 Å². The highest BCUT2D eigenvalue weighted by molar-refractivity contribution is 7.80. The molecule has 1 aliphatic heterocycles. The molecule has 0 atom stereocenters. The number of rotatable bonds is 6. The van der Waals surface area contributed by atoms with E-state index in [1.54, 1.807) is 0 Å². The van der Waals surface area contributed by atoms with Gasteiger partial charge in [-0.15, -0.1) is 0 Å². The number of thiocarbonyl (C=S) groups is 2. The van der Waals surface area contributed by atoms with Gasteiger partial charge in [0, 0.05) is 37.6 Å². The van der Waals surface area contributed by atoms with Gasteiger partial charge in [0.1, 0.15) is 11.5 Å². The third kappa shape index (κ3) is 6.21. The van der Waals surface area contributed by atoms with Crippen LogP contribution in [0.25, 0.3) is 0 Å². The van der Waals surface area contributed by atoms with Crippen molar-refractivity contribution in [2.45, 2.75) is 13.8 Å². The first-order chi connectivity index (χ1) is 14.6. The predicted molar refractivity (Wildman–Crippen MR) is 131 cm³/mol. The quantitative estimate of drug-likeness (QED) is 0.643. The molecule has 0 radical (unpaired) electrons. The smallest absolute Gasteiger partial charge is 0.173 e. The average molecular weight is 445 g/mol. The zero-order valence-corrected chi connectivity index (χ0v) is 19.0. The molecule has 1 fully saturated rings. The summed E-state index contributed by atoms with van der Waals surface area (Å²) in [5.74, 6) is 1.72. The number of nitrogens with one attached hydrogen (secondary N) is 2. The number of benzene rings is 2. The van der Waals surface area contributed by atoms with E-state index in [0.717, 1.165) is 59.3 Å². The Kier molecular flexibility index (Phi) is 8.10. The van der Waals surface area contributed by atoms with E-state index in [1.165, 1.54) is 0 Å². The Balaban J connectivity index is 1.45. The molecule has 0 saturated carbocycles. The Bertz CT molecular complexity index is 764. The largest absolute Gasteiger partial charge is 0.494 e. The fourth-order valence-electron chi connectivity index (χ4n) is 3.12. The molecule has 2 aromatic rings. The predicted octanol–water partition coefficient (Wildman–Crippen LogP) is 4.20. The van der Waals surface area contributed by atoms with Crippen molar-refractivity contribution >= 4 is 46.0 Å². The van der Waals surface area contributed by atoms with Gasteiger partial charge in [-0.2, -0.15) is 0 Å². The summed E-state index contributed by atoms with van der Waals surface area (Å²) < 4.78 is 10.9. The Morgan fingerprint density at radius 1 is 0.700 bits per heavy atom. The van der Waals surface area contributed by atoms with Crippen LogP contribution in [0.4, 0.5) is 11.4 Å². The number of ether oxygens (including phenoxy) is 2. The van der Waals surface area contributed by atoms with E-state index < -0.39 is 0 Å². The average Bonchev–Trinajstić information content (AvgIpc) is 2.77. The lowest BCUT2D eigenvalue weighted by atomic mass is 10.3. The first-order valence-electron chi connectivity index (χ1n) is 10.2. The highest BCUT2D eigenvalue weighted by atomic mass is 32.1. The summed E-state index contributed by atoms with van der Waals surface area (Å²) in [6.07, 6.45) is 0. The maximum Gasteiger partial charge on any atom is 0.173 e. The summed E-state index contributed by atoms with van der Waals surface area (Å²) in [6, 6.07) is 15.7. The second-order valence-electron chi connectivity index (χ2n) is 6.75. The standard InChI is InChI=1S/C22H28N4O2S2/c1-3-27-19-9-5-17(6-10-19)23-21(29)25-13-15-26(16-14-25)22(30)24-18-7-11-20(12-8-18)28-4-2/h5-12H,3-4,13-16H2,1-2H3,(H,23,29)(H,24,30). The third-order valence-electron chi connectivity index (χ3n) is 4.69. The van der Waals surface area contributed by atoms with Crippen molar-refractivity contribution in [3.05, 3.63) is 48.5 Å². The molecule has 0 unspecified atom stereocenters. The summed E-state index contributed by atoms with van der Waals surface area (Å²) in [4.78, 5) is 4.34. The second kappa shape index (κ2) is 11.0. The maximum atomic E-state index is 5.59. The van der Waals surface area contributed by atoms with Crippen LogP contribution in [0, 0.1) is 0 Å². The lowest BCUT2D eigenvalue weighted by Crippen LogP contribution is -2.52. The molecular formula is C22H28N4O2S2. The molecule has 2 aromatic carbocycles. The van der Waals surface area contributed by atoms with Gasteiger partial charge in [0.2, 0.25) is 0 Å². The fourth-order valence-corrected chi connectivity index (χ4v) is 3.72. The van der Waals surface area contributed by atoms with Crippen LogP contribution in [-0.4, -0.2) is 59.4 Å². The van der Waals surface area contributed by atoms with Crippen molar-refractivity contribution in [3.63, 3.8) is 0 Å². The van der Waals surface area contributed by atoms with Crippen molar-refractivity contribution in [3.8, 4) is 11.5 Å². The number of hydrogen-bond donors (Lipinski definition) is 2. The molecule has 0 bridgehead atoms. The third-order valence-corrected chi connectivity index (χ3v) is 5.41. The van der Waals surface area contributed by atoms with E-state index >= 15 is 0 Å². The lowest BCUT2D eigenvalue weighted by molar-refractivity contribution is 0.264. The van der Waals surface area contributed by atoms with Crippen LogP contribution in [0.2, 0.25) is 0 Å². The lowest BCUT2D eigenvalue weighted by Gasteiger charge is -2.37. The molecular weight excluding hydrogens is 416 g/mol. The normalized spacial score (nSPS) is 13.5. The van der Waals surface area contributed by atoms with E-state index in [9.17, 15) is 0 Å². The Hall–Kier alpha value is -2.58. The molecule has 0 amide bonds. The van der Waals surface area contributed by atoms with Crippen LogP contribution in [0.5, 0.6) is 11.5 Å². The van der Waals surface area contributed by atoms with Gasteiger partial charge in [-0.3, -0.25) is 0 Å². The zero-order chi connectivity index (χ0) is 21.3. The molecule has 30 heavy (non-hydrogen) atoms. The first kappa shape index (κ1) is 22.1. The van der Waals surface area contributed by atoms with Crippen LogP contribution < -0.4 is 20.1 Å². The van der Waals surface area contributed by atoms with Crippen molar-refractivity contribution in [1.82, 2.24) is 9.80 Å². The summed E-state index contributed by atoms with van der Waals surface area (Å²) in [5, 5.41) is 8.06. The highest BCUT2D eigenvalue weighted by Gasteiger charge is 2.20. The van der Waals surface area contributed by atoms with E-state index in [-0.39, 0.29) is 0 Å². The van der Waals surface area contributed by atoms with Crippen LogP contribution in [0.3, 0.4) is 0 Å². The Morgan fingerprint density at radius 3 is 1.33 bits per heavy atom. The molecule has 3 rings (SSSR count). The Labute approximate surface area is 189 Å². The Morgan fingerprint density at radius 2 is 1.03 bits per heavy atom. The van der Waals surface area contributed by atoms with Crippen LogP contribution in [0.1, 0.15) is 13.8 Å². The number of anilines is 2. The van der Waals surface area contributed by atoms with E-state index in [0.29, 0.717) is 13.2 Å². The van der Waals surface area contributed by atoms with E-state index in [4.69, 9.17) is 33.9 Å². The first-order valence-corrected chi connectivity index (χ1v) is 11.0. The SMILES string of the molecule is CCOc1ccc(NC(=S)N2CCN(C(=S)Nc3ccc(OCC)cc3)CC2)cc1. The minimum atomic E-state index is 0.658. The van der Waals surface area contributed by atoms with Crippen molar-refractivity contribution in [1.29, 1.82) is 0 Å². The van der Waals surface area contributed by atoms with Gasteiger partial charge in [-0.05, 0) is 86.8 Å².